The first-order chi connectivity index (χ1) is 11.9. The lowest BCUT2D eigenvalue weighted by molar-refractivity contribution is -0.129. The molecule has 132 valence electrons. The van der Waals surface area contributed by atoms with Gasteiger partial charge in [0.05, 0.1) is 29.1 Å². The van der Waals surface area contributed by atoms with Crippen molar-refractivity contribution in [2.24, 2.45) is 0 Å². The van der Waals surface area contributed by atoms with E-state index in [2.05, 4.69) is 10.3 Å². The SMILES string of the molecule is O=C(Nc1c(Cl)cc(Cl)cc1CO)[C@@]1(F)CC[C@H](O)c2ncccc21. The molecule has 1 aliphatic rings. The van der Waals surface area contributed by atoms with E-state index in [4.69, 9.17) is 23.2 Å². The summed E-state index contributed by atoms with van der Waals surface area (Å²) in [5.74, 6) is -0.937. The third kappa shape index (κ3) is 3.22. The van der Waals surface area contributed by atoms with E-state index in [0.29, 0.717) is 0 Å². The van der Waals surface area contributed by atoms with Crippen LogP contribution in [0.5, 0.6) is 0 Å². The Kier molecular flexibility index (Phi) is 4.97. The molecule has 0 unspecified atom stereocenters. The van der Waals surface area contributed by atoms with Crippen LogP contribution in [-0.4, -0.2) is 21.1 Å². The van der Waals surface area contributed by atoms with Gasteiger partial charge in [0.1, 0.15) is 0 Å². The van der Waals surface area contributed by atoms with Crippen LogP contribution in [-0.2, 0) is 17.1 Å². The number of aromatic nitrogens is 1. The van der Waals surface area contributed by atoms with Gasteiger partial charge in [0.2, 0.25) is 5.67 Å². The van der Waals surface area contributed by atoms with Crippen molar-refractivity contribution < 1.29 is 19.4 Å². The molecule has 1 heterocycles. The second kappa shape index (κ2) is 6.88. The Morgan fingerprint density at radius 3 is 2.92 bits per heavy atom. The molecule has 5 nitrogen and oxygen atoms in total. The van der Waals surface area contributed by atoms with Crippen LogP contribution >= 0.6 is 23.2 Å². The average molecular weight is 385 g/mol. The zero-order valence-corrected chi connectivity index (χ0v) is 14.5. The van der Waals surface area contributed by atoms with Crippen LogP contribution in [0.2, 0.25) is 10.0 Å². The molecule has 2 atom stereocenters. The second-order valence-corrected chi connectivity index (χ2v) is 6.67. The van der Waals surface area contributed by atoms with Gasteiger partial charge in [0.15, 0.2) is 0 Å². The van der Waals surface area contributed by atoms with Crippen LogP contribution in [0.3, 0.4) is 0 Å². The number of aliphatic hydroxyl groups is 2. The normalized spacial score (nSPS) is 22.4. The van der Waals surface area contributed by atoms with Gasteiger partial charge in [0.25, 0.3) is 5.91 Å². The molecular formula is C17H15Cl2FN2O3. The number of fused-ring (bicyclic) bond motifs is 1. The van der Waals surface area contributed by atoms with E-state index < -0.39 is 24.3 Å². The third-order valence-corrected chi connectivity index (χ3v) is 4.77. The number of amides is 1. The minimum absolute atomic E-state index is 0.0295. The fraction of sp³-hybridized carbons (Fsp3) is 0.294. The van der Waals surface area contributed by atoms with E-state index in [1.54, 1.807) is 0 Å². The number of pyridine rings is 1. The number of hydrogen-bond acceptors (Lipinski definition) is 4. The monoisotopic (exact) mass is 384 g/mol. The summed E-state index contributed by atoms with van der Waals surface area (Å²) in [7, 11) is 0. The quantitative estimate of drug-likeness (QED) is 0.755. The maximum absolute atomic E-state index is 15.6. The van der Waals surface area contributed by atoms with Crippen molar-refractivity contribution in [2.75, 3.05) is 5.32 Å². The third-order valence-electron chi connectivity index (χ3n) is 4.25. The fourth-order valence-electron chi connectivity index (χ4n) is 2.97. The Hall–Kier alpha value is -1.73. The van der Waals surface area contributed by atoms with Crippen LogP contribution in [0.4, 0.5) is 10.1 Å². The minimum atomic E-state index is -2.36. The lowest BCUT2D eigenvalue weighted by Crippen LogP contribution is -2.40. The molecule has 0 saturated carbocycles. The molecule has 0 spiro atoms. The van der Waals surface area contributed by atoms with Gasteiger partial charge in [-0.3, -0.25) is 9.78 Å². The van der Waals surface area contributed by atoms with Gasteiger partial charge in [-0.25, -0.2) is 4.39 Å². The number of hydrogen-bond donors (Lipinski definition) is 3. The van der Waals surface area contributed by atoms with Crippen molar-refractivity contribution in [1.29, 1.82) is 0 Å². The Bertz CT molecular complexity index is 834. The van der Waals surface area contributed by atoms with E-state index in [1.165, 1.54) is 30.5 Å². The second-order valence-electron chi connectivity index (χ2n) is 5.83. The summed E-state index contributed by atoms with van der Waals surface area (Å²) in [5, 5.41) is 22.3. The smallest absolute Gasteiger partial charge is 0.266 e. The largest absolute Gasteiger partial charge is 0.392 e. The lowest BCUT2D eigenvalue weighted by atomic mass is 9.81. The van der Waals surface area contributed by atoms with E-state index in [0.717, 1.165) is 0 Å². The first kappa shape index (κ1) is 18.1. The number of rotatable bonds is 3. The van der Waals surface area contributed by atoms with E-state index in [9.17, 15) is 15.0 Å². The molecule has 0 saturated heterocycles. The number of nitrogens with zero attached hydrogens (tertiary/aromatic N) is 1. The number of benzene rings is 1. The number of anilines is 1. The molecule has 0 radical (unpaired) electrons. The Balaban J connectivity index is 1.99. The molecule has 1 aromatic carbocycles. The van der Waals surface area contributed by atoms with Gasteiger partial charge in [-0.15, -0.1) is 0 Å². The Morgan fingerprint density at radius 2 is 2.20 bits per heavy atom. The van der Waals surface area contributed by atoms with Gasteiger partial charge in [-0.1, -0.05) is 29.3 Å². The highest BCUT2D eigenvalue weighted by molar-refractivity contribution is 6.37. The molecule has 1 aliphatic carbocycles. The van der Waals surface area contributed by atoms with Crippen LogP contribution in [0.1, 0.15) is 35.8 Å². The fourth-order valence-corrected chi connectivity index (χ4v) is 3.55. The molecule has 0 bridgehead atoms. The lowest BCUT2D eigenvalue weighted by Gasteiger charge is -2.32. The summed E-state index contributed by atoms with van der Waals surface area (Å²) in [6.07, 6.45) is 0.388. The highest BCUT2D eigenvalue weighted by Gasteiger charge is 2.47. The first-order valence-electron chi connectivity index (χ1n) is 7.59. The zero-order valence-electron chi connectivity index (χ0n) is 13.0. The molecule has 1 amide bonds. The predicted octanol–water partition coefficient (Wildman–Crippen LogP) is 3.51. The van der Waals surface area contributed by atoms with Gasteiger partial charge in [-0.05, 0) is 31.0 Å². The van der Waals surface area contributed by atoms with Gasteiger partial charge < -0.3 is 15.5 Å². The summed E-state index contributed by atoms with van der Waals surface area (Å²) in [6.45, 7) is -0.425. The molecule has 8 heteroatoms. The number of aliphatic hydroxyl groups excluding tert-OH is 2. The van der Waals surface area contributed by atoms with Crippen molar-refractivity contribution in [3.63, 3.8) is 0 Å². The molecule has 25 heavy (non-hydrogen) atoms. The highest BCUT2D eigenvalue weighted by atomic mass is 35.5. The number of alkyl halides is 1. The van der Waals surface area contributed by atoms with Crippen molar-refractivity contribution in [2.45, 2.75) is 31.2 Å². The predicted molar refractivity (Wildman–Crippen MR) is 92.2 cm³/mol. The van der Waals surface area contributed by atoms with E-state index in [1.807, 2.05) is 0 Å². The molecular weight excluding hydrogens is 370 g/mol. The zero-order chi connectivity index (χ0) is 18.2. The minimum Gasteiger partial charge on any atom is -0.392 e. The molecule has 0 aliphatic heterocycles. The molecule has 2 aromatic rings. The van der Waals surface area contributed by atoms with Crippen LogP contribution in [0, 0.1) is 0 Å². The standard InChI is InChI=1S/C17H15Cl2FN2O3/c18-10-6-9(8-23)14(12(19)7-10)22-16(25)17(20)4-3-13(24)15-11(17)2-1-5-21-15/h1-2,5-7,13,23-24H,3-4,8H2,(H,22,25)/t13-,17+/m0/s1. The molecule has 3 N–H and O–H groups in total. The maximum Gasteiger partial charge on any atom is 0.266 e. The average Bonchev–Trinajstić information content (AvgIpc) is 2.60. The van der Waals surface area contributed by atoms with Crippen molar-refractivity contribution in [3.8, 4) is 0 Å². The number of halogens is 3. The van der Waals surface area contributed by atoms with Gasteiger partial charge in [-0.2, -0.15) is 0 Å². The Morgan fingerprint density at radius 1 is 1.44 bits per heavy atom. The van der Waals surface area contributed by atoms with Crippen LogP contribution in [0.25, 0.3) is 0 Å². The number of carbonyl (C=O) groups is 1. The van der Waals surface area contributed by atoms with Gasteiger partial charge in [0, 0.05) is 22.3 Å². The maximum atomic E-state index is 15.6. The van der Waals surface area contributed by atoms with Crippen molar-refractivity contribution >= 4 is 34.8 Å². The molecule has 1 aromatic heterocycles. The summed E-state index contributed by atoms with van der Waals surface area (Å²) >= 11 is 12.0. The molecule has 3 rings (SSSR count). The van der Waals surface area contributed by atoms with E-state index >= 15 is 4.39 Å². The molecule has 0 fully saturated rings. The highest BCUT2D eigenvalue weighted by Crippen LogP contribution is 2.43. The summed E-state index contributed by atoms with van der Waals surface area (Å²) < 4.78 is 15.6. The topological polar surface area (TPSA) is 82.5 Å². The van der Waals surface area contributed by atoms with Crippen molar-refractivity contribution in [1.82, 2.24) is 4.98 Å². The summed E-state index contributed by atoms with van der Waals surface area (Å²) in [6, 6.07) is 5.77. The first-order valence-corrected chi connectivity index (χ1v) is 8.35. The summed E-state index contributed by atoms with van der Waals surface area (Å²) in [5.41, 5.74) is -1.81. The Labute approximate surface area is 153 Å². The van der Waals surface area contributed by atoms with Crippen LogP contribution in [0.15, 0.2) is 30.5 Å². The number of nitrogens with one attached hydrogen (secondary N) is 1. The summed E-state index contributed by atoms with van der Waals surface area (Å²) in [4.78, 5) is 16.7. The van der Waals surface area contributed by atoms with E-state index in [-0.39, 0.29) is 45.4 Å². The number of carbonyl (C=O) groups excluding carboxylic acids is 1. The van der Waals surface area contributed by atoms with Crippen molar-refractivity contribution in [3.05, 3.63) is 57.3 Å². The van der Waals surface area contributed by atoms with Crippen LogP contribution < -0.4 is 5.32 Å². The van der Waals surface area contributed by atoms with Gasteiger partial charge >= 0.3 is 0 Å².